The van der Waals surface area contributed by atoms with Gasteiger partial charge in [-0.15, -0.1) is 0 Å². The quantitative estimate of drug-likeness (QED) is 0.782. The number of hydrogen-bond acceptors (Lipinski definition) is 3. The molecule has 1 amide bonds. The highest BCUT2D eigenvalue weighted by molar-refractivity contribution is 5.85. The summed E-state index contributed by atoms with van der Waals surface area (Å²) in [5.41, 5.74) is 0.0264. The predicted octanol–water partition coefficient (Wildman–Crippen LogP) is 0.886. The number of nitrogens with one attached hydrogen (secondary N) is 1. The second-order valence-corrected chi connectivity index (χ2v) is 6.15. The van der Waals surface area contributed by atoms with E-state index >= 15 is 0 Å². The molecule has 18 heavy (non-hydrogen) atoms. The molecule has 0 radical (unpaired) electrons. The molecule has 5 nitrogen and oxygen atoms in total. The summed E-state index contributed by atoms with van der Waals surface area (Å²) in [6.07, 6.45) is 1.28. The molecular formula is C13H21NO4. The fraction of sp³-hybridized carbons (Fsp3) is 0.846. The maximum atomic E-state index is 12.1. The summed E-state index contributed by atoms with van der Waals surface area (Å²) < 4.78 is 5.13. The van der Waals surface area contributed by atoms with Crippen molar-refractivity contribution in [2.45, 2.75) is 26.7 Å². The lowest BCUT2D eigenvalue weighted by atomic mass is 9.88. The molecule has 0 bridgehead atoms. The zero-order valence-electron chi connectivity index (χ0n) is 10.9. The number of ether oxygens (including phenoxy) is 1. The first kappa shape index (κ1) is 13.3. The van der Waals surface area contributed by atoms with Gasteiger partial charge in [0.15, 0.2) is 0 Å². The monoisotopic (exact) mass is 255 g/mol. The van der Waals surface area contributed by atoms with Crippen LogP contribution in [-0.4, -0.2) is 36.7 Å². The van der Waals surface area contributed by atoms with Crippen LogP contribution in [0.1, 0.15) is 26.7 Å². The van der Waals surface area contributed by atoms with Crippen LogP contribution in [0.15, 0.2) is 0 Å². The highest BCUT2D eigenvalue weighted by Gasteiger charge is 2.42. The Bertz CT molecular complexity index is 351. The fourth-order valence-corrected chi connectivity index (χ4v) is 2.84. The van der Waals surface area contributed by atoms with E-state index in [1.165, 1.54) is 0 Å². The van der Waals surface area contributed by atoms with Crippen LogP contribution < -0.4 is 5.32 Å². The van der Waals surface area contributed by atoms with Gasteiger partial charge < -0.3 is 15.2 Å². The molecule has 1 saturated heterocycles. The van der Waals surface area contributed by atoms with E-state index in [1.54, 1.807) is 0 Å². The van der Waals surface area contributed by atoms with E-state index in [0.717, 1.165) is 0 Å². The Morgan fingerprint density at radius 3 is 2.44 bits per heavy atom. The fourth-order valence-electron chi connectivity index (χ4n) is 2.84. The van der Waals surface area contributed by atoms with Crippen molar-refractivity contribution in [3.63, 3.8) is 0 Å². The maximum absolute atomic E-state index is 12.1. The third kappa shape index (κ3) is 2.66. The Morgan fingerprint density at radius 2 is 1.94 bits per heavy atom. The van der Waals surface area contributed by atoms with Gasteiger partial charge in [-0.3, -0.25) is 9.59 Å². The first-order chi connectivity index (χ1) is 8.41. The molecule has 2 rings (SSSR count). The van der Waals surface area contributed by atoms with Crippen molar-refractivity contribution in [3.05, 3.63) is 0 Å². The molecular weight excluding hydrogens is 234 g/mol. The number of carbonyl (C=O) groups is 2. The molecule has 5 heteroatoms. The molecule has 1 aliphatic carbocycles. The van der Waals surface area contributed by atoms with E-state index in [9.17, 15) is 9.59 Å². The molecule has 1 heterocycles. The average Bonchev–Trinajstić information content (AvgIpc) is 2.66. The molecule has 1 saturated carbocycles. The van der Waals surface area contributed by atoms with E-state index < -0.39 is 11.9 Å². The van der Waals surface area contributed by atoms with Gasteiger partial charge in [-0.05, 0) is 18.8 Å². The van der Waals surface area contributed by atoms with Crippen LogP contribution in [0.25, 0.3) is 0 Å². The normalized spacial score (nSPS) is 33.8. The number of aliphatic carboxylic acids is 1. The first-order valence-corrected chi connectivity index (χ1v) is 6.49. The van der Waals surface area contributed by atoms with Gasteiger partial charge in [0.2, 0.25) is 5.91 Å². The van der Waals surface area contributed by atoms with Crippen molar-refractivity contribution in [1.82, 2.24) is 5.32 Å². The standard InChI is InChI=1S/C13H21NO4/c1-8-3-9(10(4-8)12(16)17)11(15)14-5-13(2)6-18-7-13/h8-10H,3-7H2,1-2H3,(H,14,15)(H,16,17). The molecule has 3 unspecified atom stereocenters. The summed E-state index contributed by atoms with van der Waals surface area (Å²) in [6.45, 7) is 5.96. The van der Waals surface area contributed by atoms with Crippen LogP contribution in [-0.2, 0) is 14.3 Å². The average molecular weight is 255 g/mol. The molecule has 102 valence electrons. The lowest BCUT2D eigenvalue weighted by Gasteiger charge is -2.38. The van der Waals surface area contributed by atoms with Gasteiger partial charge in [0, 0.05) is 12.0 Å². The van der Waals surface area contributed by atoms with Crippen LogP contribution in [0.2, 0.25) is 0 Å². The third-order valence-corrected chi connectivity index (χ3v) is 4.04. The molecule has 2 fully saturated rings. The summed E-state index contributed by atoms with van der Waals surface area (Å²) >= 11 is 0. The van der Waals surface area contributed by atoms with Gasteiger partial charge in [-0.2, -0.15) is 0 Å². The molecule has 0 spiro atoms. The number of rotatable bonds is 4. The maximum Gasteiger partial charge on any atom is 0.307 e. The zero-order valence-corrected chi connectivity index (χ0v) is 10.9. The number of carboxylic acid groups (broad SMARTS) is 1. The minimum absolute atomic E-state index is 0.0264. The van der Waals surface area contributed by atoms with E-state index in [-0.39, 0.29) is 17.2 Å². The van der Waals surface area contributed by atoms with E-state index in [1.807, 2.05) is 6.92 Å². The number of amides is 1. The number of carboxylic acids is 1. The largest absolute Gasteiger partial charge is 0.481 e. The van der Waals surface area contributed by atoms with E-state index in [4.69, 9.17) is 9.84 Å². The van der Waals surface area contributed by atoms with Crippen LogP contribution >= 0.6 is 0 Å². The summed E-state index contributed by atoms with van der Waals surface area (Å²) in [7, 11) is 0. The minimum atomic E-state index is -0.849. The first-order valence-electron chi connectivity index (χ1n) is 6.49. The second kappa shape index (κ2) is 4.88. The van der Waals surface area contributed by atoms with Crippen LogP contribution in [0, 0.1) is 23.2 Å². The van der Waals surface area contributed by atoms with Crippen molar-refractivity contribution in [1.29, 1.82) is 0 Å². The Hall–Kier alpha value is -1.10. The van der Waals surface area contributed by atoms with Crippen LogP contribution in [0.5, 0.6) is 0 Å². The number of hydrogen-bond donors (Lipinski definition) is 2. The lowest BCUT2D eigenvalue weighted by Crippen LogP contribution is -2.50. The van der Waals surface area contributed by atoms with Crippen LogP contribution in [0.3, 0.4) is 0 Å². The Kier molecular flexibility index (Phi) is 3.61. The summed E-state index contributed by atoms with van der Waals surface area (Å²) in [5, 5.41) is 12.0. The van der Waals surface area contributed by atoms with Gasteiger partial charge in [0.25, 0.3) is 0 Å². The van der Waals surface area contributed by atoms with E-state index in [2.05, 4.69) is 12.2 Å². The molecule has 1 aliphatic heterocycles. The Labute approximate surface area is 107 Å². The molecule has 3 atom stereocenters. The molecule has 0 aromatic heterocycles. The third-order valence-electron chi connectivity index (χ3n) is 4.04. The second-order valence-electron chi connectivity index (χ2n) is 6.15. The van der Waals surface area contributed by atoms with Crippen molar-refractivity contribution in [2.75, 3.05) is 19.8 Å². The van der Waals surface area contributed by atoms with Gasteiger partial charge in [0.05, 0.1) is 25.0 Å². The van der Waals surface area contributed by atoms with Gasteiger partial charge in [0.1, 0.15) is 0 Å². The molecule has 0 aromatic carbocycles. The Morgan fingerprint density at radius 1 is 1.33 bits per heavy atom. The van der Waals surface area contributed by atoms with Gasteiger partial charge >= 0.3 is 5.97 Å². The van der Waals surface area contributed by atoms with E-state index in [0.29, 0.717) is 38.5 Å². The van der Waals surface area contributed by atoms with Crippen molar-refractivity contribution in [3.8, 4) is 0 Å². The van der Waals surface area contributed by atoms with Crippen LogP contribution in [0.4, 0.5) is 0 Å². The number of carbonyl (C=O) groups excluding carboxylic acids is 1. The molecule has 2 aliphatic rings. The summed E-state index contributed by atoms with van der Waals surface area (Å²) in [4.78, 5) is 23.2. The Balaban J connectivity index is 1.89. The van der Waals surface area contributed by atoms with Gasteiger partial charge in [-0.1, -0.05) is 13.8 Å². The SMILES string of the molecule is CC1CC(C(=O)O)C(C(=O)NCC2(C)COC2)C1. The van der Waals surface area contributed by atoms with Crippen molar-refractivity contribution in [2.24, 2.45) is 23.2 Å². The highest BCUT2D eigenvalue weighted by atomic mass is 16.5. The lowest BCUT2D eigenvalue weighted by molar-refractivity contribution is -0.146. The zero-order chi connectivity index (χ0) is 13.3. The van der Waals surface area contributed by atoms with Crippen molar-refractivity contribution >= 4 is 11.9 Å². The smallest absolute Gasteiger partial charge is 0.307 e. The topological polar surface area (TPSA) is 75.6 Å². The summed E-state index contributed by atoms with van der Waals surface area (Å²) in [6, 6.07) is 0. The minimum Gasteiger partial charge on any atom is -0.481 e. The van der Waals surface area contributed by atoms with Gasteiger partial charge in [-0.25, -0.2) is 0 Å². The molecule has 0 aromatic rings. The van der Waals surface area contributed by atoms with Crippen molar-refractivity contribution < 1.29 is 19.4 Å². The highest BCUT2D eigenvalue weighted by Crippen LogP contribution is 2.36. The molecule has 2 N–H and O–H groups in total. The predicted molar refractivity (Wildman–Crippen MR) is 64.9 cm³/mol. The summed E-state index contributed by atoms with van der Waals surface area (Å²) in [5.74, 6) is -1.55.